The second kappa shape index (κ2) is 10.1. The number of hydrogen-bond acceptors (Lipinski definition) is 8. The lowest BCUT2D eigenvalue weighted by Gasteiger charge is -2.36. The van der Waals surface area contributed by atoms with Crippen LogP contribution in [0.5, 0.6) is 5.75 Å². The van der Waals surface area contributed by atoms with Crippen LogP contribution in [0.4, 0.5) is 11.4 Å². The average molecular weight is 529 g/mol. The van der Waals surface area contributed by atoms with E-state index >= 15 is 0 Å². The normalized spacial score (nSPS) is 13.6. The number of methoxy groups -OCH3 is 1. The second-order valence-electron chi connectivity index (χ2n) is 8.79. The van der Waals surface area contributed by atoms with Crippen molar-refractivity contribution in [2.75, 3.05) is 43.5 Å². The van der Waals surface area contributed by atoms with Crippen LogP contribution in [0.3, 0.4) is 0 Å². The number of furan rings is 1. The van der Waals surface area contributed by atoms with Crippen LogP contribution >= 0.6 is 11.3 Å². The molecule has 2 aromatic carbocycles. The number of para-hydroxylation sites is 1. The maximum atomic E-state index is 13.6. The Hall–Kier alpha value is -4.57. The fraction of sp³-hybridized carbons (Fsp3) is 0.179. The van der Waals surface area contributed by atoms with Crippen molar-refractivity contribution in [3.05, 3.63) is 83.6 Å². The van der Waals surface area contributed by atoms with Gasteiger partial charge in [-0.25, -0.2) is 0 Å². The van der Waals surface area contributed by atoms with E-state index < -0.39 is 5.91 Å². The van der Waals surface area contributed by atoms with E-state index in [0.717, 1.165) is 16.3 Å². The Morgan fingerprint density at radius 3 is 2.63 bits per heavy atom. The number of fused-ring (bicyclic) bond motifs is 1. The van der Waals surface area contributed by atoms with Crippen molar-refractivity contribution in [3.8, 4) is 16.4 Å². The van der Waals surface area contributed by atoms with E-state index in [2.05, 4.69) is 15.4 Å². The molecule has 0 unspecified atom stereocenters. The highest BCUT2D eigenvalue weighted by molar-refractivity contribution is 7.13. The Balaban J connectivity index is 1.22. The summed E-state index contributed by atoms with van der Waals surface area (Å²) in [5, 5.41) is 9.34. The molecule has 10 heteroatoms. The van der Waals surface area contributed by atoms with Gasteiger partial charge < -0.3 is 28.8 Å². The highest BCUT2D eigenvalue weighted by Crippen LogP contribution is 2.33. The minimum absolute atomic E-state index is 0.0938. The molecule has 4 heterocycles. The number of carbonyl (C=O) groups is 2. The van der Waals surface area contributed by atoms with Gasteiger partial charge in [-0.05, 0) is 35.7 Å². The Bertz CT molecular complexity index is 1600. The number of aromatic nitrogens is 1. The summed E-state index contributed by atoms with van der Waals surface area (Å²) in [6.07, 6.45) is 0. The minimum atomic E-state index is -0.486. The standard InChI is InChI=1S/C28H24N4O5S/c1-35-19-7-4-6-18(16-19)31-11-13-32(14-12-31)28(34)26-25(20-8-2-3-9-22(20)36-26)29-27(33)21-17-23(37-30-21)24-10-5-15-38-24/h2-10,15-17H,11-14H2,1H3,(H,29,33). The number of anilines is 2. The van der Waals surface area contributed by atoms with Gasteiger partial charge in [0.1, 0.15) is 17.0 Å². The van der Waals surface area contributed by atoms with Crippen molar-refractivity contribution in [2.24, 2.45) is 0 Å². The topological polar surface area (TPSA) is 101 Å². The van der Waals surface area contributed by atoms with Crippen molar-refractivity contribution in [2.45, 2.75) is 0 Å². The first-order chi connectivity index (χ1) is 18.6. The predicted molar refractivity (Wildman–Crippen MR) is 145 cm³/mol. The van der Waals surface area contributed by atoms with E-state index in [9.17, 15) is 9.59 Å². The third kappa shape index (κ3) is 4.50. The minimum Gasteiger partial charge on any atom is -0.497 e. The fourth-order valence-electron chi connectivity index (χ4n) is 4.53. The number of nitrogens with zero attached hydrogens (tertiary/aromatic N) is 3. The Kier molecular flexibility index (Phi) is 6.30. The lowest BCUT2D eigenvalue weighted by Crippen LogP contribution is -2.48. The summed E-state index contributed by atoms with van der Waals surface area (Å²) in [4.78, 5) is 31.6. The van der Waals surface area contributed by atoms with Gasteiger partial charge in [0.15, 0.2) is 11.5 Å². The van der Waals surface area contributed by atoms with Crippen molar-refractivity contribution in [1.82, 2.24) is 10.1 Å². The zero-order valence-corrected chi connectivity index (χ0v) is 21.4. The molecule has 1 N–H and O–H groups in total. The number of ether oxygens (including phenoxy) is 1. The van der Waals surface area contributed by atoms with Crippen LogP contribution in [0.1, 0.15) is 21.0 Å². The zero-order chi connectivity index (χ0) is 26.1. The number of amides is 2. The molecule has 0 aliphatic carbocycles. The molecule has 2 amide bonds. The van der Waals surface area contributed by atoms with Crippen LogP contribution < -0.4 is 15.0 Å². The summed E-state index contributed by atoms with van der Waals surface area (Å²) in [6.45, 7) is 2.33. The molecule has 0 bridgehead atoms. The molecule has 1 aliphatic heterocycles. The largest absolute Gasteiger partial charge is 0.497 e. The number of piperazine rings is 1. The van der Waals surface area contributed by atoms with E-state index in [4.69, 9.17) is 13.7 Å². The molecule has 1 saturated heterocycles. The van der Waals surface area contributed by atoms with Gasteiger partial charge in [0, 0.05) is 49.4 Å². The molecule has 6 rings (SSSR count). The van der Waals surface area contributed by atoms with Gasteiger partial charge in [-0.2, -0.15) is 0 Å². The smallest absolute Gasteiger partial charge is 0.291 e. The monoisotopic (exact) mass is 528 g/mol. The third-order valence-electron chi connectivity index (χ3n) is 6.52. The van der Waals surface area contributed by atoms with Crippen molar-refractivity contribution in [1.29, 1.82) is 0 Å². The molecule has 38 heavy (non-hydrogen) atoms. The molecule has 1 aliphatic rings. The van der Waals surface area contributed by atoms with Crippen LogP contribution in [0.15, 0.2) is 81.1 Å². The van der Waals surface area contributed by atoms with Gasteiger partial charge in [0.25, 0.3) is 11.8 Å². The number of carbonyl (C=O) groups excluding carboxylic acids is 2. The molecule has 0 radical (unpaired) electrons. The van der Waals surface area contributed by atoms with Crippen molar-refractivity contribution >= 4 is 45.5 Å². The van der Waals surface area contributed by atoms with Gasteiger partial charge in [-0.1, -0.05) is 29.4 Å². The molecule has 5 aromatic rings. The second-order valence-corrected chi connectivity index (χ2v) is 9.74. The first kappa shape index (κ1) is 23.8. The third-order valence-corrected chi connectivity index (χ3v) is 7.40. The molecule has 192 valence electrons. The SMILES string of the molecule is COc1cccc(N2CCN(C(=O)c3oc4ccccc4c3NC(=O)c3cc(-c4cccs4)on3)CC2)c1. The van der Waals surface area contributed by atoms with Gasteiger partial charge in [0.2, 0.25) is 5.76 Å². The molecule has 0 atom stereocenters. The highest BCUT2D eigenvalue weighted by atomic mass is 32.1. The van der Waals surface area contributed by atoms with Crippen molar-refractivity contribution < 1.29 is 23.3 Å². The lowest BCUT2D eigenvalue weighted by molar-refractivity contribution is 0.0718. The van der Waals surface area contributed by atoms with Crippen LogP contribution in [-0.4, -0.2) is 55.2 Å². The van der Waals surface area contributed by atoms with Crippen LogP contribution in [0, 0.1) is 0 Å². The molecular weight excluding hydrogens is 504 g/mol. The molecule has 9 nitrogen and oxygen atoms in total. The van der Waals surface area contributed by atoms with Crippen LogP contribution in [-0.2, 0) is 0 Å². The Morgan fingerprint density at radius 1 is 1.00 bits per heavy atom. The average Bonchev–Trinajstić information content (AvgIpc) is 3.73. The van der Waals surface area contributed by atoms with Crippen LogP contribution in [0.2, 0.25) is 0 Å². The maximum Gasteiger partial charge on any atom is 0.291 e. The fourth-order valence-corrected chi connectivity index (χ4v) is 5.21. The summed E-state index contributed by atoms with van der Waals surface area (Å²) in [5.74, 6) is 0.628. The summed E-state index contributed by atoms with van der Waals surface area (Å²) < 4.78 is 16.7. The quantitative estimate of drug-likeness (QED) is 0.316. The van der Waals surface area contributed by atoms with E-state index in [1.165, 1.54) is 11.3 Å². The summed E-state index contributed by atoms with van der Waals surface area (Å²) in [6, 6.07) is 20.5. The van der Waals surface area contributed by atoms with E-state index in [1.54, 1.807) is 24.1 Å². The van der Waals surface area contributed by atoms with E-state index in [0.29, 0.717) is 48.6 Å². The molecule has 0 saturated carbocycles. The van der Waals surface area contributed by atoms with Crippen molar-refractivity contribution in [3.63, 3.8) is 0 Å². The van der Waals surface area contributed by atoms with Gasteiger partial charge >= 0.3 is 0 Å². The van der Waals surface area contributed by atoms with Crippen LogP contribution in [0.25, 0.3) is 21.6 Å². The van der Waals surface area contributed by atoms with Gasteiger partial charge in [-0.3, -0.25) is 9.59 Å². The molecule has 1 fully saturated rings. The first-order valence-electron chi connectivity index (χ1n) is 12.1. The number of nitrogens with one attached hydrogen (secondary N) is 1. The predicted octanol–water partition coefficient (Wildman–Crippen LogP) is 5.37. The highest BCUT2D eigenvalue weighted by Gasteiger charge is 2.30. The number of rotatable bonds is 6. The zero-order valence-electron chi connectivity index (χ0n) is 20.5. The van der Waals surface area contributed by atoms with Gasteiger partial charge in [0.05, 0.1) is 12.0 Å². The molecular formula is C28H24N4O5S. The summed E-state index contributed by atoms with van der Waals surface area (Å²) in [5.41, 5.74) is 2.00. The summed E-state index contributed by atoms with van der Waals surface area (Å²) >= 11 is 1.49. The maximum absolute atomic E-state index is 13.6. The number of benzene rings is 2. The molecule has 0 spiro atoms. The molecule has 3 aromatic heterocycles. The lowest BCUT2D eigenvalue weighted by atomic mass is 10.2. The Morgan fingerprint density at radius 2 is 1.84 bits per heavy atom. The first-order valence-corrected chi connectivity index (χ1v) is 13.0. The number of thiophene rings is 1. The van der Waals surface area contributed by atoms with E-state index in [-0.39, 0.29) is 17.4 Å². The van der Waals surface area contributed by atoms with Gasteiger partial charge in [-0.15, -0.1) is 11.3 Å². The number of hydrogen-bond donors (Lipinski definition) is 1. The summed E-state index contributed by atoms with van der Waals surface area (Å²) in [7, 11) is 1.64. The Labute approximate surface area is 222 Å². The van der Waals surface area contributed by atoms with E-state index in [1.807, 2.05) is 60.0 Å².